The van der Waals surface area contributed by atoms with Crippen LogP contribution in [0.1, 0.15) is 47.4 Å². The van der Waals surface area contributed by atoms with Crippen LogP contribution in [0.2, 0.25) is 0 Å². The van der Waals surface area contributed by atoms with Crippen molar-refractivity contribution < 1.29 is 19.1 Å². The summed E-state index contributed by atoms with van der Waals surface area (Å²) in [5.74, 6) is 0.302. The van der Waals surface area contributed by atoms with E-state index in [2.05, 4.69) is 24.5 Å². The quantitative estimate of drug-likeness (QED) is 0.391. The molecule has 0 bridgehead atoms. The summed E-state index contributed by atoms with van der Waals surface area (Å²) in [5, 5.41) is 5.78. The fourth-order valence-electron chi connectivity index (χ4n) is 3.05. The van der Waals surface area contributed by atoms with Crippen molar-refractivity contribution in [1.29, 1.82) is 0 Å². The zero-order valence-corrected chi connectivity index (χ0v) is 19.7. The van der Waals surface area contributed by atoms with Crippen LogP contribution >= 0.6 is 12.2 Å². The second-order valence-electron chi connectivity index (χ2n) is 7.15. The van der Waals surface area contributed by atoms with Gasteiger partial charge in [0.1, 0.15) is 12.4 Å². The van der Waals surface area contributed by atoms with E-state index in [4.69, 9.17) is 21.7 Å². The van der Waals surface area contributed by atoms with Crippen molar-refractivity contribution >= 4 is 34.8 Å². The van der Waals surface area contributed by atoms with Crippen LogP contribution in [0.3, 0.4) is 0 Å². The first-order valence-electron chi connectivity index (χ1n) is 10.7. The topological polar surface area (TPSA) is 79.9 Å². The number of rotatable bonds is 11. The van der Waals surface area contributed by atoms with Gasteiger partial charge in [-0.2, -0.15) is 0 Å². The Bertz CT molecular complexity index is 896. The first-order valence-corrected chi connectivity index (χ1v) is 11.1. The first-order chi connectivity index (χ1) is 15.5. The Morgan fingerprint density at radius 3 is 2.28 bits per heavy atom. The van der Waals surface area contributed by atoms with Gasteiger partial charge in [-0.15, -0.1) is 0 Å². The molecule has 172 valence electrons. The van der Waals surface area contributed by atoms with Crippen LogP contribution < -0.4 is 15.4 Å². The zero-order chi connectivity index (χ0) is 23.3. The molecule has 0 radical (unpaired) electrons. The lowest BCUT2D eigenvalue weighted by Gasteiger charge is -2.21. The van der Waals surface area contributed by atoms with E-state index in [-0.39, 0.29) is 16.9 Å². The van der Waals surface area contributed by atoms with Crippen LogP contribution in [-0.4, -0.2) is 55.2 Å². The maximum atomic E-state index is 12.8. The van der Waals surface area contributed by atoms with E-state index in [0.717, 1.165) is 25.9 Å². The smallest absolute Gasteiger partial charge is 0.257 e. The monoisotopic (exact) mass is 457 g/mol. The summed E-state index contributed by atoms with van der Waals surface area (Å²) in [6.45, 7) is 6.47. The highest BCUT2D eigenvalue weighted by atomic mass is 32.1. The molecule has 0 unspecified atom stereocenters. The van der Waals surface area contributed by atoms with Crippen molar-refractivity contribution in [3.8, 4) is 5.75 Å². The van der Waals surface area contributed by atoms with Crippen LogP contribution in [-0.2, 0) is 4.74 Å². The lowest BCUT2D eigenvalue weighted by Crippen LogP contribution is -2.34. The van der Waals surface area contributed by atoms with Crippen LogP contribution in [0, 0.1) is 0 Å². The minimum atomic E-state index is -0.338. The van der Waals surface area contributed by atoms with Gasteiger partial charge in [0.25, 0.3) is 11.8 Å². The zero-order valence-electron chi connectivity index (χ0n) is 18.8. The van der Waals surface area contributed by atoms with E-state index in [1.165, 1.54) is 0 Å². The van der Waals surface area contributed by atoms with E-state index in [1.807, 2.05) is 4.90 Å². The molecule has 0 aliphatic heterocycles. The average Bonchev–Trinajstić information content (AvgIpc) is 2.79. The van der Waals surface area contributed by atoms with Gasteiger partial charge in [0.2, 0.25) is 0 Å². The fourth-order valence-corrected chi connectivity index (χ4v) is 3.26. The number of amides is 2. The highest BCUT2D eigenvalue weighted by molar-refractivity contribution is 7.80. The lowest BCUT2D eigenvalue weighted by atomic mass is 10.1. The molecule has 0 atom stereocenters. The van der Waals surface area contributed by atoms with Crippen LogP contribution in [0.15, 0.2) is 48.5 Å². The SMILES string of the molecule is CCCN(CCC)C(=O)c1cccc(NC(=S)NC(=O)c2ccc(OCCOC)cc2)c1. The van der Waals surface area contributed by atoms with Gasteiger partial charge >= 0.3 is 0 Å². The molecule has 0 aliphatic carbocycles. The number of hydrogen-bond acceptors (Lipinski definition) is 5. The number of benzene rings is 2. The van der Waals surface area contributed by atoms with Gasteiger partial charge in [-0.05, 0) is 67.5 Å². The highest BCUT2D eigenvalue weighted by Crippen LogP contribution is 2.15. The van der Waals surface area contributed by atoms with Crippen molar-refractivity contribution in [3.05, 3.63) is 59.7 Å². The molecular weight excluding hydrogens is 426 g/mol. The second kappa shape index (κ2) is 13.4. The standard InChI is InChI=1S/C24H31N3O4S/c1-4-13-27(14-5-2)23(29)19-7-6-8-20(17-19)25-24(32)26-22(28)18-9-11-21(12-10-18)31-16-15-30-3/h6-12,17H,4-5,13-16H2,1-3H3,(H2,25,26,28,32). The maximum Gasteiger partial charge on any atom is 0.257 e. The summed E-state index contributed by atoms with van der Waals surface area (Å²) in [4.78, 5) is 27.1. The first kappa shape index (κ1) is 25.3. The number of anilines is 1. The normalized spacial score (nSPS) is 10.3. The van der Waals surface area contributed by atoms with Crippen molar-refractivity contribution in [2.75, 3.05) is 38.7 Å². The molecule has 0 saturated heterocycles. The van der Waals surface area contributed by atoms with Crippen molar-refractivity contribution in [2.45, 2.75) is 26.7 Å². The minimum Gasteiger partial charge on any atom is -0.491 e. The third-order valence-corrected chi connectivity index (χ3v) is 4.75. The van der Waals surface area contributed by atoms with E-state index in [0.29, 0.717) is 35.8 Å². The molecule has 0 saturated carbocycles. The Kier molecular flexibility index (Phi) is 10.6. The predicted octanol–water partition coefficient (Wildman–Crippen LogP) is 4.10. The predicted molar refractivity (Wildman–Crippen MR) is 130 cm³/mol. The second-order valence-corrected chi connectivity index (χ2v) is 7.56. The molecule has 2 aromatic carbocycles. The van der Waals surface area contributed by atoms with E-state index in [1.54, 1.807) is 55.6 Å². The summed E-state index contributed by atoms with van der Waals surface area (Å²) < 4.78 is 10.4. The van der Waals surface area contributed by atoms with Gasteiger partial charge in [-0.25, -0.2) is 0 Å². The molecule has 2 N–H and O–H groups in total. The third-order valence-electron chi connectivity index (χ3n) is 4.54. The third kappa shape index (κ3) is 7.94. The molecule has 8 heteroatoms. The number of carbonyl (C=O) groups excluding carboxylic acids is 2. The summed E-state index contributed by atoms with van der Waals surface area (Å²) in [5.41, 5.74) is 1.66. The van der Waals surface area contributed by atoms with Crippen molar-refractivity contribution in [1.82, 2.24) is 10.2 Å². The van der Waals surface area contributed by atoms with Gasteiger partial charge in [0.15, 0.2) is 5.11 Å². The number of methoxy groups -OCH3 is 1. The van der Waals surface area contributed by atoms with Crippen molar-refractivity contribution in [2.24, 2.45) is 0 Å². The number of nitrogens with zero attached hydrogens (tertiary/aromatic N) is 1. The summed E-state index contributed by atoms with van der Waals surface area (Å²) >= 11 is 5.28. The minimum absolute atomic E-state index is 0.0138. The van der Waals surface area contributed by atoms with Crippen LogP contribution in [0.5, 0.6) is 5.75 Å². The van der Waals surface area contributed by atoms with E-state index in [9.17, 15) is 9.59 Å². The molecule has 0 heterocycles. The molecule has 2 rings (SSSR count). The van der Waals surface area contributed by atoms with E-state index < -0.39 is 0 Å². The van der Waals surface area contributed by atoms with Gasteiger partial charge in [0.05, 0.1) is 6.61 Å². The number of nitrogens with one attached hydrogen (secondary N) is 2. The molecule has 32 heavy (non-hydrogen) atoms. The largest absolute Gasteiger partial charge is 0.491 e. The van der Waals surface area contributed by atoms with Gasteiger partial charge in [-0.3, -0.25) is 14.9 Å². The van der Waals surface area contributed by atoms with Gasteiger partial charge < -0.3 is 19.7 Å². The number of hydrogen-bond donors (Lipinski definition) is 2. The Labute approximate surface area is 195 Å². The van der Waals surface area contributed by atoms with Gasteiger partial charge in [-0.1, -0.05) is 19.9 Å². The molecule has 0 aromatic heterocycles. The van der Waals surface area contributed by atoms with E-state index >= 15 is 0 Å². The molecule has 2 aromatic rings. The fraction of sp³-hybridized carbons (Fsp3) is 0.375. The number of carbonyl (C=O) groups is 2. The highest BCUT2D eigenvalue weighted by Gasteiger charge is 2.15. The summed E-state index contributed by atoms with van der Waals surface area (Å²) in [6.07, 6.45) is 1.81. The molecule has 7 nitrogen and oxygen atoms in total. The lowest BCUT2D eigenvalue weighted by molar-refractivity contribution is 0.0755. The number of thiocarbonyl (C=S) groups is 1. The Balaban J connectivity index is 1.95. The molecular formula is C24H31N3O4S. The molecule has 2 amide bonds. The summed E-state index contributed by atoms with van der Waals surface area (Å²) in [6, 6.07) is 13.9. The Morgan fingerprint density at radius 1 is 0.969 bits per heavy atom. The average molecular weight is 458 g/mol. The molecule has 0 fully saturated rings. The van der Waals surface area contributed by atoms with Crippen LogP contribution in [0.25, 0.3) is 0 Å². The maximum absolute atomic E-state index is 12.8. The Morgan fingerprint density at radius 2 is 1.66 bits per heavy atom. The molecule has 0 aliphatic rings. The number of ether oxygens (including phenoxy) is 2. The van der Waals surface area contributed by atoms with Crippen molar-refractivity contribution in [3.63, 3.8) is 0 Å². The Hall–Kier alpha value is -2.97. The molecule has 0 spiro atoms. The summed E-state index contributed by atoms with van der Waals surface area (Å²) in [7, 11) is 1.61. The van der Waals surface area contributed by atoms with Gasteiger partial charge in [0, 0.05) is 37.0 Å². The van der Waals surface area contributed by atoms with Crippen LogP contribution in [0.4, 0.5) is 5.69 Å².